The first-order valence-corrected chi connectivity index (χ1v) is 9.89. The van der Waals surface area contributed by atoms with Gasteiger partial charge in [0.05, 0.1) is 29.9 Å². The van der Waals surface area contributed by atoms with Crippen LogP contribution in [0.2, 0.25) is 0 Å². The maximum atomic E-state index is 13.7. The van der Waals surface area contributed by atoms with Crippen LogP contribution in [0, 0.1) is 22.0 Å². The molecule has 2 aromatic carbocycles. The van der Waals surface area contributed by atoms with Gasteiger partial charge in [-0.1, -0.05) is 24.3 Å². The quantitative estimate of drug-likeness (QED) is 0.438. The van der Waals surface area contributed by atoms with Gasteiger partial charge in [0.2, 0.25) is 17.7 Å². The van der Waals surface area contributed by atoms with Crippen molar-refractivity contribution >= 4 is 35.2 Å². The molecular formula is C22H18N4O6. The predicted octanol–water partition coefficient (Wildman–Crippen LogP) is 1.60. The first-order chi connectivity index (χ1) is 15.3. The number of carbonyl (C=O) groups excluding carboxylic acids is 3. The fourth-order valence-electron chi connectivity index (χ4n) is 5.09. The first-order valence-electron chi connectivity index (χ1n) is 9.89. The van der Waals surface area contributed by atoms with Crippen LogP contribution in [0.1, 0.15) is 17.2 Å². The van der Waals surface area contributed by atoms with Crippen LogP contribution < -0.4 is 15.4 Å². The van der Waals surface area contributed by atoms with Gasteiger partial charge in [0.25, 0.3) is 5.69 Å². The minimum absolute atomic E-state index is 0.0273. The van der Waals surface area contributed by atoms with E-state index in [2.05, 4.69) is 0 Å². The number of nitrogens with zero attached hydrogens (tertiary/aromatic N) is 3. The van der Waals surface area contributed by atoms with E-state index in [0.717, 1.165) is 22.1 Å². The summed E-state index contributed by atoms with van der Waals surface area (Å²) >= 11 is 0. The molecule has 4 unspecified atom stereocenters. The van der Waals surface area contributed by atoms with Gasteiger partial charge in [-0.05, 0) is 23.3 Å². The summed E-state index contributed by atoms with van der Waals surface area (Å²) in [5.74, 6) is -3.68. The smallest absolute Gasteiger partial charge is 0.271 e. The van der Waals surface area contributed by atoms with E-state index in [4.69, 9.17) is 10.5 Å². The topological polar surface area (TPSA) is 136 Å². The molecular weight excluding hydrogens is 416 g/mol. The predicted molar refractivity (Wildman–Crippen MR) is 112 cm³/mol. The Morgan fingerprint density at radius 3 is 2.53 bits per heavy atom. The number of hydrogen-bond acceptors (Lipinski definition) is 7. The highest BCUT2D eigenvalue weighted by molar-refractivity contribution is 6.24. The molecule has 0 radical (unpaired) electrons. The molecule has 2 fully saturated rings. The third-order valence-corrected chi connectivity index (χ3v) is 6.37. The molecule has 4 atom stereocenters. The standard InChI is InChI=1S/C22H18N4O6/c1-32-15-7-6-12(26(30)31)10-14(15)25-21(28)16-17(22(25)29)19(20(23)27)24-9-8-11-4-2-3-5-13(11)18(16)24/h2-10,16-19H,1H3,(H2,23,27). The Hall–Kier alpha value is -4.21. The minimum atomic E-state index is -1.03. The van der Waals surface area contributed by atoms with E-state index in [1.54, 1.807) is 11.1 Å². The number of fused-ring (bicyclic) bond motifs is 5. The normalized spacial score (nSPS) is 25.4. The van der Waals surface area contributed by atoms with Gasteiger partial charge in [-0.2, -0.15) is 0 Å². The van der Waals surface area contributed by atoms with E-state index < -0.39 is 46.6 Å². The fourth-order valence-corrected chi connectivity index (χ4v) is 5.09. The first kappa shape index (κ1) is 19.7. The average molecular weight is 434 g/mol. The van der Waals surface area contributed by atoms with E-state index in [-0.39, 0.29) is 17.1 Å². The number of imide groups is 1. The average Bonchev–Trinajstić information content (AvgIpc) is 3.26. The molecule has 162 valence electrons. The number of hydrogen-bond donors (Lipinski definition) is 1. The highest BCUT2D eigenvalue weighted by atomic mass is 16.6. The molecule has 10 heteroatoms. The monoisotopic (exact) mass is 434 g/mol. The van der Waals surface area contributed by atoms with Gasteiger partial charge in [0.15, 0.2) is 0 Å². The molecule has 10 nitrogen and oxygen atoms in total. The van der Waals surface area contributed by atoms with Crippen molar-refractivity contribution in [1.82, 2.24) is 4.90 Å². The Morgan fingerprint density at radius 1 is 1.12 bits per heavy atom. The zero-order chi connectivity index (χ0) is 22.7. The Bertz CT molecular complexity index is 1220. The van der Waals surface area contributed by atoms with Gasteiger partial charge < -0.3 is 15.4 Å². The summed E-state index contributed by atoms with van der Waals surface area (Å²) in [6.07, 6.45) is 3.51. The molecule has 2 N–H and O–H groups in total. The molecule has 0 aromatic heterocycles. The third kappa shape index (κ3) is 2.55. The molecule has 32 heavy (non-hydrogen) atoms. The minimum Gasteiger partial charge on any atom is -0.495 e. The van der Waals surface area contributed by atoms with Crippen molar-refractivity contribution in [3.63, 3.8) is 0 Å². The van der Waals surface area contributed by atoms with Crippen molar-refractivity contribution < 1.29 is 24.0 Å². The number of non-ortho nitro benzene ring substituents is 1. The van der Waals surface area contributed by atoms with Crippen LogP contribution in [-0.4, -0.2) is 40.7 Å². The summed E-state index contributed by atoms with van der Waals surface area (Å²) in [6, 6.07) is 9.52. The molecule has 3 aliphatic heterocycles. The molecule has 2 aromatic rings. The van der Waals surface area contributed by atoms with Crippen molar-refractivity contribution in [3.8, 4) is 5.75 Å². The Balaban J connectivity index is 1.66. The van der Waals surface area contributed by atoms with Crippen LogP contribution in [0.4, 0.5) is 11.4 Å². The van der Waals surface area contributed by atoms with Gasteiger partial charge in [0, 0.05) is 18.3 Å². The van der Waals surface area contributed by atoms with Crippen molar-refractivity contribution in [1.29, 1.82) is 0 Å². The summed E-state index contributed by atoms with van der Waals surface area (Å²) in [7, 11) is 1.34. The molecule has 3 aliphatic rings. The number of ether oxygens (including phenoxy) is 1. The number of benzene rings is 2. The van der Waals surface area contributed by atoms with Crippen LogP contribution in [0.25, 0.3) is 6.08 Å². The van der Waals surface area contributed by atoms with Crippen molar-refractivity contribution in [3.05, 3.63) is 69.9 Å². The molecule has 0 spiro atoms. The molecule has 5 rings (SSSR count). The summed E-state index contributed by atoms with van der Waals surface area (Å²) in [4.78, 5) is 52.9. The number of methoxy groups -OCH3 is 1. The highest BCUT2D eigenvalue weighted by Gasteiger charge is 2.64. The fraction of sp³-hybridized carbons (Fsp3) is 0.227. The van der Waals surface area contributed by atoms with E-state index in [9.17, 15) is 24.5 Å². The number of amides is 3. The second-order valence-electron chi connectivity index (χ2n) is 7.86. The van der Waals surface area contributed by atoms with Gasteiger partial charge in [-0.25, -0.2) is 4.90 Å². The Labute approximate surface area is 182 Å². The van der Waals surface area contributed by atoms with E-state index in [1.807, 2.05) is 30.3 Å². The number of anilines is 1. The lowest BCUT2D eigenvalue weighted by Crippen LogP contribution is -2.46. The van der Waals surface area contributed by atoms with Crippen molar-refractivity contribution in [2.45, 2.75) is 12.1 Å². The largest absolute Gasteiger partial charge is 0.495 e. The molecule has 0 bridgehead atoms. The van der Waals surface area contributed by atoms with Gasteiger partial charge in [-0.15, -0.1) is 0 Å². The van der Waals surface area contributed by atoms with E-state index in [1.165, 1.54) is 19.2 Å². The number of nitro groups is 1. The SMILES string of the molecule is COc1ccc([N+](=O)[O-])cc1N1C(=O)C2C(C1=O)C1c3ccccc3C=CN1C2C(N)=O. The summed E-state index contributed by atoms with van der Waals surface area (Å²) in [5, 5.41) is 11.3. The Kier molecular flexibility index (Phi) is 4.26. The van der Waals surface area contributed by atoms with Crippen molar-refractivity contribution in [2.24, 2.45) is 17.6 Å². The molecule has 3 heterocycles. The highest BCUT2D eigenvalue weighted by Crippen LogP contribution is 2.53. The number of nitro benzene ring substituents is 1. The lowest BCUT2D eigenvalue weighted by atomic mass is 9.84. The van der Waals surface area contributed by atoms with E-state index in [0.29, 0.717) is 0 Å². The number of nitrogens with two attached hydrogens (primary N) is 1. The maximum Gasteiger partial charge on any atom is 0.271 e. The molecule has 0 saturated carbocycles. The zero-order valence-corrected chi connectivity index (χ0v) is 16.9. The second kappa shape index (κ2) is 6.91. The lowest BCUT2D eigenvalue weighted by molar-refractivity contribution is -0.384. The van der Waals surface area contributed by atoms with Gasteiger partial charge in [0.1, 0.15) is 17.5 Å². The summed E-state index contributed by atoms with van der Waals surface area (Å²) in [5.41, 5.74) is 7.05. The molecule has 2 saturated heterocycles. The number of rotatable bonds is 4. The van der Waals surface area contributed by atoms with Crippen molar-refractivity contribution in [2.75, 3.05) is 12.0 Å². The van der Waals surface area contributed by atoms with Crippen LogP contribution in [-0.2, 0) is 14.4 Å². The number of carbonyl (C=O) groups is 3. The summed E-state index contributed by atoms with van der Waals surface area (Å²) < 4.78 is 5.27. The van der Waals surface area contributed by atoms with Crippen LogP contribution >= 0.6 is 0 Å². The van der Waals surface area contributed by atoms with Crippen LogP contribution in [0.15, 0.2) is 48.7 Å². The van der Waals surface area contributed by atoms with Gasteiger partial charge >= 0.3 is 0 Å². The lowest BCUT2D eigenvalue weighted by Gasteiger charge is -2.34. The zero-order valence-electron chi connectivity index (χ0n) is 16.9. The Morgan fingerprint density at radius 2 is 1.84 bits per heavy atom. The third-order valence-electron chi connectivity index (χ3n) is 6.37. The van der Waals surface area contributed by atoms with E-state index >= 15 is 0 Å². The van der Waals surface area contributed by atoms with Gasteiger partial charge in [-0.3, -0.25) is 24.5 Å². The van der Waals surface area contributed by atoms with Crippen LogP contribution in [0.3, 0.4) is 0 Å². The summed E-state index contributed by atoms with van der Waals surface area (Å²) in [6.45, 7) is 0. The second-order valence-corrected chi connectivity index (χ2v) is 7.86. The van der Waals surface area contributed by atoms with Crippen LogP contribution in [0.5, 0.6) is 5.75 Å². The molecule has 0 aliphatic carbocycles. The molecule has 3 amide bonds. The maximum absolute atomic E-state index is 13.7. The number of primary amides is 1.